The number of carbonyl (C=O) groups is 1. The minimum atomic E-state index is 0.0266. The van der Waals surface area contributed by atoms with E-state index in [1.807, 2.05) is 49.6 Å². The predicted octanol–water partition coefficient (Wildman–Crippen LogP) is 4.80. The van der Waals surface area contributed by atoms with Crippen molar-refractivity contribution in [2.45, 2.75) is 11.8 Å². The number of halogens is 1. The summed E-state index contributed by atoms with van der Waals surface area (Å²) in [5.41, 5.74) is 1.39. The van der Waals surface area contributed by atoms with Crippen LogP contribution in [-0.4, -0.2) is 18.6 Å². The molecule has 2 nitrogen and oxygen atoms in total. The van der Waals surface area contributed by atoms with Crippen LogP contribution in [0.4, 0.5) is 0 Å². The fraction of sp³-hybridized carbons (Fsp3) is 0.188. The monoisotopic (exact) mass is 350 g/mol. The third kappa shape index (κ3) is 3.25. The lowest BCUT2D eigenvalue weighted by atomic mass is 10.0. The lowest BCUT2D eigenvalue weighted by Gasteiger charge is -2.09. The van der Waals surface area contributed by atoms with E-state index in [0.717, 1.165) is 20.7 Å². The highest BCUT2D eigenvalue weighted by Gasteiger charge is 2.14. The molecule has 0 amide bonds. The quantitative estimate of drug-likeness (QED) is 0.572. The van der Waals surface area contributed by atoms with E-state index in [0.29, 0.717) is 12.2 Å². The first-order valence-electron chi connectivity index (χ1n) is 6.27. The molecule has 0 N–H and O–H groups in total. The van der Waals surface area contributed by atoms with Crippen molar-refractivity contribution in [3.8, 4) is 5.75 Å². The Morgan fingerprint density at radius 1 is 1.25 bits per heavy atom. The Kier molecular flexibility index (Phi) is 5.26. The molecule has 0 aliphatic carbocycles. The van der Waals surface area contributed by atoms with E-state index < -0.39 is 0 Å². The topological polar surface area (TPSA) is 26.3 Å². The highest BCUT2D eigenvalue weighted by molar-refractivity contribution is 9.10. The fourth-order valence-electron chi connectivity index (χ4n) is 1.90. The Morgan fingerprint density at radius 3 is 2.65 bits per heavy atom. The summed E-state index contributed by atoms with van der Waals surface area (Å²) in [6, 6.07) is 13.1. The van der Waals surface area contributed by atoms with Crippen LogP contribution in [0.15, 0.2) is 51.8 Å². The fourth-order valence-corrected chi connectivity index (χ4v) is 2.99. The van der Waals surface area contributed by atoms with Crippen LogP contribution in [0.5, 0.6) is 5.75 Å². The molecule has 20 heavy (non-hydrogen) atoms. The number of ketones is 1. The van der Waals surface area contributed by atoms with Crippen molar-refractivity contribution in [1.82, 2.24) is 0 Å². The van der Waals surface area contributed by atoms with E-state index >= 15 is 0 Å². The molecule has 0 saturated heterocycles. The molecule has 0 fully saturated rings. The van der Waals surface area contributed by atoms with Gasteiger partial charge in [0.2, 0.25) is 0 Å². The number of hydrogen-bond donors (Lipinski definition) is 0. The molecule has 2 aromatic rings. The Bertz CT molecular complexity index is 626. The number of thioether (sulfide) groups is 1. The summed E-state index contributed by atoms with van der Waals surface area (Å²) in [6.07, 6.45) is 1.97. The maximum atomic E-state index is 12.6. The maximum absolute atomic E-state index is 12.6. The largest absolute Gasteiger partial charge is 0.493 e. The highest BCUT2D eigenvalue weighted by Crippen LogP contribution is 2.28. The molecule has 0 aliphatic rings. The van der Waals surface area contributed by atoms with Gasteiger partial charge in [-0.3, -0.25) is 4.79 Å². The minimum absolute atomic E-state index is 0.0266. The van der Waals surface area contributed by atoms with Crippen LogP contribution in [0.3, 0.4) is 0 Å². The van der Waals surface area contributed by atoms with E-state index in [1.165, 1.54) is 0 Å². The van der Waals surface area contributed by atoms with Gasteiger partial charge in [-0.25, -0.2) is 0 Å². The first-order valence-corrected chi connectivity index (χ1v) is 8.29. The van der Waals surface area contributed by atoms with Crippen molar-refractivity contribution in [1.29, 1.82) is 0 Å². The number of ether oxygens (including phenoxy) is 1. The number of rotatable bonds is 5. The Morgan fingerprint density at radius 2 is 2.00 bits per heavy atom. The Balaban J connectivity index is 2.36. The molecule has 0 heterocycles. The third-order valence-corrected chi connectivity index (χ3v) is 4.26. The Labute approximate surface area is 131 Å². The molecule has 0 unspecified atom stereocenters. The van der Waals surface area contributed by atoms with E-state index in [9.17, 15) is 4.79 Å². The van der Waals surface area contributed by atoms with Gasteiger partial charge in [0.25, 0.3) is 0 Å². The van der Waals surface area contributed by atoms with Crippen LogP contribution >= 0.6 is 27.7 Å². The van der Waals surface area contributed by atoms with Crippen LogP contribution in [0.25, 0.3) is 0 Å². The second-order valence-corrected chi connectivity index (χ2v) is 5.81. The highest BCUT2D eigenvalue weighted by atomic mass is 79.9. The summed E-state index contributed by atoms with van der Waals surface area (Å²) in [5.74, 6) is 0.779. The van der Waals surface area contributed by atoms with Crippen LogP contribution < -0.4 is 4.74 Å². The van der Waals surface area contributed by atoms with Gasteiger partial charge < -0.3 is 4.74 Å². The minimum Gasteiger partial charge on any atom is -0.493 e. The summed E-state index contributed by atoms with van der Waals surface area (Å²) in [6.45, 7) is 2.53. The van der Waals surface area contributed by atoms with Gasteiger partial charge in [-0.2, -0.15) is 0 Å². The molecule has 2 rings (SSSR count). The number of benzene rings is 2. The normalized spacial score (nSPS) is 10.3. The second kappa shape index (κ2) is 6.95. The first-order chi connectivity index (χ1) is 9.67. The molecular formula is C16H15BrO2S. The van der Waals surface area contributed by atoms with Gasteiger partial charge in [0.1, 0.15) is 5.75 Å². The van der Waals surface area contributed by atoms with Crippen LogP contribution in [0.1, 0.15) is 22.8 Å². The zero-order chi connectivity index (χ0) is 14.5. The number of carbonyl (C=O) groups excluding carboxylic acids is 1. The van der Waals surface area contributed by atoms with Crippen LogP contribution in [0, 0.1) is 0 Å². The van der Waals surface area contributed by atoms with Crippen LogP contribution in [-0.2, 0) is 0 Å². The summed E-state index contributed by atoms with van der Waals surface area (Å²) >= 11 is 5.02. The molecule has 0 atom stereocenters. The average molecular weight is 351 g/mol. The van der Waals surface area contributed by atoms with E-state index in [2.05, 4.69) is 15.9 Å². The van der Waals surface area contributed by atoms with Crippen molar-refractivity contribution < 1.29 is 9.53 Å². The predicted molar refractivity (Wildman–Crippen MR) is 87.0 cm³/mol. The Hall–Kier alpha value is -1.26. The molecule has 2 aromatic carbocycles. The molecule has 104 valence electrons. The van der Waals surface area contributed by atoms with E-state index in [4.69, 9.17) is 4.74 Å². The molecule has 4 heteroatoms. The third-order valence-electron chi connectivity index (χ3n) is 2.85. The van der Waals surface area contributed by atoms with Gasteiger partial charge in [0.15, 0.2) is 5.78 Å². The van der Waals surface area contributed by atoms with Gasteiger partial charge in [0, 0.05) is 16.0 Å². The lowest BCUT2D eigenvalue weighted by Crippen LogP contribution is -2.03. The molecule has 0 spiro atoms. The summed E-state index contributed by atoms with van der Waals surface area (Å²) in [7, 11) is 0. The smallest absolute Gasteiger partial charge is 0.194 e. The standard InChI is InChI=1S/C16H15BrO2S/c1-3-19-14-9-8-11(10-13(14)17)16(18)12-6-4-5-7-15(12)20-2/h4-10H,3H2,1-2H3. The van der Waals surface area contributed by atoms with Gasteiger partial charge in [-0.15, -0.1) is 11.8 Å². The summed E-state index contributed by atoms with van der Waals surface area (Å²) < 4.78 is 6.26. The molecule has 0 saturated carbocycles. The van der Waals surface area contributed by atoms with Crippen LogP contribution in [0.2, 0.25) is 0 Å². The van der Waals surface area contributed by atoms with E-state index in [-0.39, 0.29) is 5.78 Å². The second-order valence-electron chi connectivity index (χ2n) is 4.11. The van der Waals surface area contributed by atoms with Crippen molar-refractivity contribution in [2.75, 3.05) is 12.9 Å². The molecule has 0 bridgehead atoms. The lowest BCUT2D eigenvalue weighted by molar-refractivity contribution is 0.103. The van der Waals surface area contributed by atoms with Gasteiger partial charge in [-0.1, -0.05) is 12.1 Å². The molecule has 0 aliphatic heterocycles. The maximum Gasteiger partial charge on any atom is 0.194 e. The first kappa shape index (κ1) is 15.1. The number of hydrogen-bond acceptors (Lipinski definition) is 3. The van der Waals surface area contributed by atoms with E-state index in [1.54, 1.807) is 17.8 Å². The van der Waals surface area contributed by atoms with Crippen molar-refractivity contribution >= 4 is 33.5 Å². The SMILES string of the molecule is CCOc1ccc(C(=O)c2ccccc2SC)cc1Br. The zero-order valence-electron chi connectivity index (χ0n) is 11.4. The van der Waals surface area contributed by atoms with Crippen molar-refractivity contribution in [3.63, 3.8) is 0 Å². The average Bonchev–Trinajstić information content (AvgIpc) is 2.48. The summed E-state index contributed by atoms with van der Waals surface area (Å²) in [4.78, 5) is 13.6. The van der Waals surface area contributed by atoms with Crippen molar-refractivity contribution in [2.24, 2.45) is 0 Å². The summed E-state index contributed by atoms with van der Waals surface area (Å²) in [5, 5.41) is 0. The van der Waals surface area contributed by atoms with Gasteiger partial charge in [-0.05, 0) is 59.4 Å². The van der Waals surface area contributed by atoms with Crippen molar-refractivity contribution in [3.05, 3.63) is 58.1 Å². The van der Waals surface area contributed by atoms with Gasteiger partial charge in [0.05, 0.1) is 11.1 Å². The molecule has 0 aromatic heterocycles. The molecular weight excluding hydrogens is 336 g/mol. The zero-order valence-corrected chi connectivity index (χ0v) is 13.8. The molecule has 0 radical (unpaired) electrons. The van der Waals surface area contributed by atoms with Gasteiger partial charge >= 0.3 is 0 Å².